The zero-order valence-corrected chi connectivity index (χ0v) is 24.1. The lowest BCUT2D eigenvalue weighted by molar-refractivity contribution is 0.720. The quantitative estimate of drug-likeness (QED) is 0.206. The third-order valence-electron chi connectivity index (χ3n) is 9.13. The summed E-state index contributed by atoms with van der Waals surface area (Å²) in [6.45, 7) is 2.40. The molecule has 0 spiro atoms. The molecule has 8 rings (SSSR count). The first-order valence-corrected chi connectivity index (χ1v) is 15.0. The van der Waals surface area contributed by atoms with Gasteiger partial charge in [0, 0.05) is 22.4 Å². The lowest BCUT2D eigenvalue weighted by Gasteiger charge is -2.30. The van der Waals surface area contributed by atoms with Crippen molar-refractivity contribution in [3.8, 4) is 22.3 Å². The number of benzene rings is 7. The molecule has 1 aliphatic rings. The summed E-state index contributed by atoms with van der Waals surface area (Å²) in [4.78, 5) is 2.35. The fraction of sp³-hybridized carbons (Fsp3) is 0.0476. The average Bonchev–Trinajstić information content (AvgIpc) is 3.35. The first kappa shape index (κ1) is 25.3. The molecule has 7 aromatic rings. The van der Waals surface area contributed by atoms with Gasteiger partial charge in [-0.3, -0.25) is 0 Å². The van der Waals surface area contributed by atoms with Gasteiger partial charge in [0.25, 0.3) is 0 Å². The number of rotatable bonds is 5. The fourth-order valence-corrected chi connectivity index (χ4v) is 7.10. The second-order valence-electron chi connectivity index (χ2n) is 11.5. The molecular weight excluding hydrogens is 518 g/mol. The third-order valence-corrected chi connectivity index (χ3v) is 9.13. The van der Waals surface area contributed by atoms with E-state index in [-0.39, 0.29) is 5.41 Å². The van der Waals surface area contributed by atoms with Gasteiger partial charge in [0.15, 0.2) is 0 Å². The Kier molecular flexibility index (Phi) is 5.98. The minimum atomic E-state index is -0.259. The van der Waals surface area contributed by atoms with Gasteiger partial charge in [-0.25, -0.2) is 0 Å². The maximum Gasteiger partial charge on any atom is 0.0540 e. The summed E-state index contributed by atoms with van der Waals surface area (Å²) in [6.07, 6.45) is 0. The number of hydrogen-bond acceptors (Lipinski definition) is 1. The number of anilines is 3. The standard InChI is InChI=1S/C42H31N/c1-42(39-22-12-10-21-37(39)38-29-26-30-14-8-9-20-36(30)41(38)42)32-27-24-31(25-28-32)35-19-11-13-23-40(35)43(33-15-4-2-5-16-33)34-17-6-3-7-18-34/h2-29H,1H3. The molecule has 204 valence electrons. The minimum Gasteiger partial charge on any atom is -0.310 e. The van der Waals surface area contributed by atoms with Crippen molar-refractivity contribution in [3.63, 3.8) is 0 Å². The Morgan fingerprint density at radius 2 is 1.02 bits per heavy atom. The van der Waals surface area contributed by atoms with Crippen molar-refractivity contribution in [2.24, 2.45) is 0 Å². The summed E-state index contributed by atoms with van der Waals surface area (Å²) in [5.41, 5.74) is 12.3. The summed E-state index contributed by atoms with van der Waals surface area (Å²) < 4.78 is 0. The van der Waals surface area contributed by atoms with Crippen LogP contribution in [0.3, 0.4) is 0 Å². The van der Waals surface area contributed by atoms with Gasteiger partial charge < -0.3 is 4.90 Å². The Morgan fingerprint density at radius 1 is 0.442 bits per heavy atom. The summed E-state index contributed by atoms with van der Waals surface area (Å²) in [5.74, 6) is 0. The van der Waals surface area contributed by atoms with E-state index in [9.17, 15) is 0 Å². The van der Waals surface area contributed by atoms with E-state index >= 15 is 0 Å². The topological polar surface area (TPSA) is 3.24 Å². The molecule has 0 saturated heterocycles. The van der Waals surface area contributed by atoms with Crippen LogP contribution in [0.1, 0.15) is 23.6 Å². The Bertz CT molecular complexity index is 2040. The van der Waals surface area contributed by atoms with E-state index in [1.54, 1.807) is 0 Å². The third kappa shape index (κ3) is 4.00. The van der Waals surface area contributed by atoms with Crippen LogP contribution in [0.25, 0.3) is 33.0 Å². The molecule has 0 amide bonds. The molecule has 1 heteroatoms. The van der Waals surface area contributed by atoms with E-state index < -0.39 is 0 Å². The molecule has 0 aliphatic heterocycles. The van der Waals surface area contributed by atoms with Gasteiger partial charge >= 0.3 is 0 Å². The molecule has 1 aliphatic carbocycles. The van der Waals surface area contributed by atoms with Crippen LogP contribution in [0.5, 0.6) is 0 Å². The predicted octanol–water partition coefficient (Wildman–Crippen LogP) is 11.3. The van der Waals surface area contributed by atoms with E-state index in [4.69, 9.17) is 0 Å². The molecule has 1 nitrogen and oxygen atoms in total. The van der Waals surface area contributed by atoms with Crippen LogP contribution in [-0.2, 0) is 5.41 Å². The van der Waals surface area contributed by atoms with Crippen molar-refractivity contribution in [1.82, 2.24) is 0 Å². The van der Waals surface area contributed by atoms with E-state index in [0.717, 1.165) is 17.1 Å². The molecule has 1 atom stereocenters. The largest absolute Gasteiger partial charge is 0.310 e. The van der Waals surface area contributed by atoms with Gasteiger partial charge in [-0.15, -0.1) is 0 Å². The van der Waals surface area contributed by atoms with Crippen LogP contribution in [-0.4, -0.2) is 0 Å². The summed E-state index contributed by atoms with van der Waals surface area (Å²) in [6, 6.07) is 61.6. The molecule has 0 saturated carbocycles. The van der Waals surface area contributed by atoms with Gasteiger partial charge in [0.2, 0.25) is 0 Å². The highest BCUT2D eigenvalue weighted by atomic mass is 15.1. The van der Waals surface area contributed by atoms with E-state index in [0.29, 0.717) is 0 Å². The Labute approximate surface area is 253 Å². The van der Waals surface area contributed by atoms with Crippen LogP contribution in [0.15, 0.2) is 170 Å². The molecule has 43 heavy (non-hydrogen) atoms. The van der Waals surface area contributed by atoms with Crippen LogP contribution in [0, 0.1) is 0 Å². The molecule has 0 heterocycles. The zero-order chi connectivity index (χ0) is 28.8. The van der Waals surface area contributed by atoms with Crippen molar-refractivity contribution in [3.05, 3.63) is 187 Å². The molecule has 0 aromatic heterocycles. The van der Waals surface area contributed by atoms with Crippen LogP contribution in [0.4, 0.5) is 17.1 Å². The lowest BCUT2D eigenvalue weighted by Crippen LogP contribution is -2.22. The van der Waals surface area contributed by atoms with Gasteiger partial charge in [0.1, 0.15) is 0 Å². The van der Waals surface area contributed by atoms with Crippen molar-refractivity contribution in [2.75, 3.05) is 4.90 Å². The van der Waals surface area contributed by atoms with Crippen LogP contribution >= 0.6 is 0 Å². The van der Waals surface area contributed by atoms with E-state index in [1.807, 2.05) is 0 Å². The van der Waals surface area contributed by atoms with Crippen LogP contribution in [0.2, 0.25) is 0 Å². The van der Waals surface area contributed by atoms with Gasteiger partial charge in [-0.1, -0.05) is 140 Å². The SMILES string of the molecule is CC1(c2ccc(-c3ccccc3N(c3ccccc3)c3ccccc3)cc2)c2ccccc2-c2ccc3ccccc3c21. The molecule has 0 bridgehead atoms. The monoisotopic (exact) mass is 549 g/mol. The van der Waals surface area contributed by atoms with Crippen molar-refractivity contribution < 1.29 is 0 Å². The number of para-hydroxylation sites is 3. The van der Waals surface area contributed by atoms with Crippen molar-refractivity contribution in [2.45, 2.75) is 12.3 Å². The highest BCUT2D eigenvalue weighted by Crippen LogP contribution is 2.54. The first-order chi connectivity index (χ1) is 21.2. The van der Waals surface area contributed by atoms with E-state index in [1.165, 1.54) is 49.7 Å². The Balaban J connectivity index is 1.28. The van der Waals surface area contributed by atoms with Gasteiger partial charge in [0.05, 0.1) is 5.69 Å². The number of fused-ring (bicyclic) bond motifs is 5. The zero-order valence-electron chi connectivity index (χ0n) is 24.1. The Morgan fingerprint density at radius 3 is 1.74 bits per heavy atom. The predicted molar refractivity (Wildman–Crippen MR) is 182 cm³/mol. The van der Waals surface area contributed by atoms with Crippen molar-refractivity contribution >= 4 is 27.8 Å². The molecule has 0 fully saturated rings. The lowest BCUT2D eigenvalue weighted by atomic mass is 9.72. The molecule has 0 N–H and O–H groups in total. The number of nitrogens with zero attached hydrogens (tertiary/aromatic N) is 1. The van der Waals surface area contributed by atoms with Gasteiger partial charge in [-0.2, -0.15) is 0 Å². The summed E-state index contributed by atoms with van der Waals surface area (Å²) in [7, 11) is 0. The molecule has 0 radical (unpaired) electrons. The average molecular weight is 550 g/mol. The second kappa shape index (κ2) is 10.2. The minimum absolute atomic E-state index is 0.259. The summed E-state index contributed by atoms with van der Waals surface area (Å²) >= 11 is 0. The van der Waals surface area contributed by atoms with Crippen LogP contribution < -0.4 is 4.90 Å². The maximum absolute atomic E-state index is 2.40. The Hall–Kier alpha value is -5.40. The normalized spacial score (nSPS) is 15.2. The van der Waals surface area contributed by atoms with E-state index in [2.05, 4.69) is 182 Å². The number of hydrogen-bond donors (Lipinski definition) is 0. The summed E-state index contributed by atoms with van der Waals surface area (Å²) in [5, 5.41) is 2.61. The molecule has 1 unspecified atom stereocenters. The smallest absolute Gasteiger partial charge is 0.0540 e. The molecular formula is C42H31N. The van der Waals surface area contributed by atoms with Crippen molar-refractivity contribution in [1.29, 1.82) is 0 Å². The highest BCUT2D eigenvalue weighted by Gasteiger charge is 2.41. The van der Waals surface area contributed by atoms with Gasteiger partial charge in [-0.05, 0) is 81.4 Å². The first-order valence-electron chi connectivity index (χ1n) is 15.0. The molecule has 7 aromatic carbocycles. The fourth-order valence-electron chi connectivity index (χ4n) is 7.10. The maximum atomic E-state index is 2.40. The highest BCUT2D eigenvalue weighted by molar-refractivity contribution is 5.98. The second-order valence-corrected chi connectivity index (χ2v) is 11.5.